The third-order valence-corrected chi connectivity index (χ3v) is 10.9. The van der Waals surface area contributed by atoms with Crippen LogP contribution in [-0.2, 0) is 15.8 Å². The van der Waals surface area contributed by atoms with E-state index >= 15 is 0 Å². The number of imide groups is 1. The van der Waals surface area contributed by atoms with Crippen LogP contribution in [0.15, 0.2) is 48.5 Å². The zero-order valence-corrected chi connectivity index (χ0v) is 30.1. The van der Waals surface area contributed by atoms with E-state index in [1.807, 2.05) is 0 Å². The first kappa shape index (κ1) is 39.3. The fourth-order valence-corrected chi connectivity index (χ4v) is 7.49. The Labute approximate surface area is 316 Å². The van der Waals surface area contributed by atoms with E-state index in [1.165, 1.54) is 34.1 Å². The fraction of sp³-hybridized carbons (Fsp3) is 0.303. The normalized spacial score (nSPS) is 18.1. The van der Waals surface area contributed by atoms with Crippen LogP contribution in [0.1, 0.15) is 50.7 Å². The van der Waals surface area contributed by atoms with Crippen LogP contribution in [0.25, 0.3) is 0 Å². The zero-order chi connectivity index (χ0) is 39.9. The molecule has 2 saturated heterocycles. The summed E-state index contributed by atoms with van der Waals surface area (Å²) >= 11 is 5.90. The highest BCUT2D eigenvalue weighted by atomic mass is 35.5. The Morgan fingerprint density at radius 3 is 2.29 bits per heavy atom. The van der Waals surface area contributed by atoms with Crippen molar-refractivity contribution in [2.45, 2.75) is 37.3 Å². The van der Waals surface area contributed by atoms with Gasteiger partial charge in [-0.1, -0.05) is 29.8 Å². The predicted octanol–water partition coefficient (Wildman–Crippen LogP) is 1.32. The number of hydrogen-bond acceptors (Lipinski definition) is 10. The van der Waals surface area contributed by atoms with Crippen LogP contribution < -0.4 is 20.6 Å². The number of halogens is 2. The lowest BCUT2D eigenvalue weighted by molar-refractivity contribution is -0.123. The summed E-state index contributed by atoms with van der Waals surface area (Å²) in [6.45, 7) is 0.498. The first-order valence-corrected chi connectivity index (χ1v) is 18.7. The third-order valence-electron chi connectivity index (χ3n) is 9.61. The molecular formula is C33H33BClFN5O13P. The molecular weight excluding hydrogens is 771 g/mol. The third kappa shape index (κ3) is 8.04. The number of aromatic carboxylic acids is 1. The van der Waals surface area contributed by atoms with Gasteiger partial charge >= 0.3 is 32.7 Å². The number of fused-ring (bicyclic) bond motifs is 1. The summed E-state index contributed by atoms with van der Waals surface area (Å²) in [6.07, 6.45) is 0.476. The summed E-state index contributed by atoms with van der Waals surface area (Å²) in [5.41, 5.74) is -0.552. The second-order valence-electron chi connectivity index (χ2n) is 13.0. The van der Waals surface area contributed by atoms with Crippen LogP contribution in [0, 0.1) is 5.82 Å². The van der Waals surface area contributed by atoms with E-state index in [9.17, 15) is 63.1 Å². The largest absolute Gasteiger partial charge is 0.547 e. The lowest BCUT2D eigenvalue weighted by Gasteiger charge is -2.36. The number of nitrogens with one attached hydrogen (secondary N) is 2. The van der Waals surface area contributed by atoms with Gasteiger partial charge in [0.25, 0.3) is 5.91 Å². The van der Waals surface area contributed by atoms with Crippen LogP contribution in [0.2, 0.25) is 5.02 Å². The first-order chi connectivity index (χ1) is 25.9. The number of phenols is 2. The molecule has 0 radical (unpaired) electrons. The van der Waals surface area contributed by atoms with E-state index < -0.39 is 85.2 Å². The standard InChI is InChI=1S/C33H33BClFN5O13P/c35-21-13-18(14-23(42)27(21)43)30(45)39-9-7-19(8-10-39)40-11-12-41(33(40)49)32(48)38-26(16-1-4-20(5-2-16)55(51,52)53)29(44)37-24-15-17-3-6-22(36)25(31(46)47)28(17)54-34(24)50/h1-6,13-14,19,24,26,42-43,50H,7-12,15H2,(H,37,44)(H,38,48)(H,46,47)(H2,51,52,53). The average molecular weight is 804 g/mol. The number of nitrogens with zero attached hydrogens (tertiary/aromatic N) is 3. The van der Waals surface area contributed by atoms with E-state index in [-0.39, 0.29) is 65.7 Å². The second-order valence-corrected chi connectivity index (χ2v) is 15.0. The molecule has 3 aliphatic rings. The van der Waals surface area contributed by atoms with E-state index in [0.717, 1.165) is 29.2 Å². The smallest absolute Gasteiger partial charge is 0.534 e. The summed E-state index contributed by atoms with van der Waals surface area (Å²) in [5, 5.41) is 44.1. The van der Waals surface area contributed by atoms with Crippen LogP contribution in [-0.4, -0.2) is 120 Å². The molecule has 290 valence electrons. The van der Waals surface area contributed by atoms with Crippen molar-refractivity contribution in [1.82, 2.24) is 25.3 Å². The van der Waals surface area contributed by atoms with Gasteiger partial charge in [0.1, 0.15) is 23.2 Å². The molecule has 0 spiro atoms. The Bertz CT molecular complexity index is 2090. The highest BCUT2D eigenvalue weighted by Crippen LogP contribution is 2.36. The van der Waals surface area contributed by atoms with Crippen LogP contribution in [0.3, 0.4) is 0 Å². The molecule has 2 atom stereocenters. The Kier molecular flexibility index (Phi) is 11.0. The molecule has 2 fully saturated rings. The molecule has 55 heavy (non-hydrogen) atoms. The van der Waals surface area contributed by atoms with Gasteiger partial charge in [-0.3, -0.25) is 14.2 Å². The van der Waals surface area contributed by atoms with E-state index in [2.05, 4.69) is 10.6 Å². The number of benzene rings is 3. The molecule has 3 aromatic rings. The van der Waals surface area contributed by atoms with Gasteiger partial charge in [0.05, 0.1) is 16.3 Å². The van der Waals surface area contributed by atoms with Crippen LogP contribution in [0.5, 0.6) is 17.2 Å². The molecule has 3 aromatic carbocycles. The van der Waals surface area contributed by atoms with Gasteiger partial charge in [0.2, 0.25) is 5.91 Å². The number of amides is 6. The Balaban J connectivity index is 1.14. The topological polar surface area (TPSA) is 267 Å². The van der Waals surface area contributed by atoms with Gasteiger partial charge < -0.3 is 55.2 Å². The second kappa shape index (κ2) is 15.4. The number of carboxylic acid groups (broad SMARTS) is 1. The number of carboxylic acids is 1. The van der Waals surface area contributed by atoms with Gasteiger partial charge in [0.15, 0.2) is 11.5 Å². The maximum atomic E-state index is 14.2. The Hall–Kier alpha value is -5.40. The van der Waals surface area contributed by atoms with Crippen molar-refractivity contribution in [2.75, 3.05) is 26.2 Å². The van der Waals surface area contributed by atoms with Crippen molar-refractivity contribution in [1.29, 1.82) is 0 Å². The van der Waals surface area contributed by atoms with Crippen LogP contribution >= 0.6 is 19.2 Å². The minimum Gasteiger partial charge on any atom is -0.534 e. The molecule has 6 rings (SSSR count). The molecule has 8 N–H and O–H groups in total. The summed E-state index contributed by atoms with van der Waals surface area (Å²) < 4.78 is 31.3. The van der Waals surface area contributed by atoms with Gasteiger partial charge in [-0.15, -0.1) is 0 Å². The number of hydrogen-bond donors (Lipinski definition) is 8. The number of carbonyl (C=O) groups is 5. The maximum absolute atomic E-state index is 14.2. The molecule has 2 unspecified atom stereocenters. The Morgan fingerprint density at radius 2 is 1.67 bits per heavy atom. The summed E-state index contributed by atoms with van der Waals surface area (Å²) in [6, 6.07) is 5.30. The summed E-state index contributed by atoms with van der Waals surface area (Å²) in [7, 11) is -6.55. The van der Waals surface area contributed by atoms with Crippen molar-refractivity contribution < 1.29 is 67.7 Å². The van der Waals surface area contributed by atoms with Crippen LogP contribution in [0.4, 0.5) is 14.0 Å². The van der Waals surface area contributed by atoms with Gasteiger partial charge in [-0.2, -0.15) is 0 Å². The number of phenolic OH excluding ortho intramolecular Hbond substituents is 2. The van der Waals surface area contributed by atoms with Gasteiger partial charge in [-0.25, -0.2) is 23.7 Å². The first-order valence-electron chi connectivity index (χ1n) is 16.7. The molecule has 22 heteroatoms. The number of carbonyl (C=O) groups excluding carboxylic acids is 4. The lowest BCUT2D eigenvalue weighted by atomic mass is 9.72. The number of rotatable bonds is 8. The highest BCUT2D eigenvalue weighted by molar-refractivity contribution is 7.60. The number of urea groups is 2. The van der Waals surface area contributed by atoms with Gasteiger partial charge in [0, 0.05) is 37.8 Å². The molecule has 18 nitrogen and oxygen atoms in total. The van der Waals surface area contributed by atoms with Gasteiger partial charge in [-0.05, 0) is 60.7 Å². The molecule has 0 aromatic heterocycles. The molecule has 0 aliphatic carbocycles. The number of aromatic hydroxyl groups is 2. The van der Waals surface area contributed by atoms with E-state index in [4.69, 9.17) is 16.3 Å². The molecule has 3 aliphatic heterocycles. The number of piperidine rings is 1. The SMILES string of the molecule is O=C(O)c1c(F)ccc2c1OB(O)C(NC(=O)C(NC(=O)N1CCN(C3CCN(C(=O)c4cc(O)c(O)c(Cl)c4)CC3)C1=O)c1ccc(P(=O)(O)O)cc1)C2. The summed E-state index contributed by atoms with van der Waals surface area (Å²) in [5.74, 6) is -6.89. The van der Waals surface area contributed by atoms with Crippen molar-refractivity contribution >= 4 is 61.5 Å². The van der Waals surface area contributed by atoms with Crippen molar-refractivity contribution in [3.63, 3.8) is 0 Å². The van der Waals surface area contributed by atoms with Crippen molar-refractivity contribution in [3.05, 3.63) is 81.6 Å². The fourth-order valence-electron chi connectivity index (χ4n) is 6.74. The van der Waals surface area contributed by atoms with E-state index in [0.29, 0.717) is 12.8 Å². The van der Waals surface area contributed by atoms with Crippen molar-refractivity contribution in [3.8, 4) is 17.2 Å². The monoisotopic (exact) mass is 803 g/mol. The Morgan fingerprint density at radius 1 is 1.00 bits per heavy atom. The average Bonchev–Trinajstić information content (AvgIpc) is 3.53. The maximum Gasteiger partial charge on any atom is 0.547 e. The highest BCUT2D eigenvalue weighted by Gasteiger charge is 2.42. The summed E-state index contributed by atoms with van der Waals surface area (Å²) in [4.78, 5) is 88.6. The zero-order valence-electron chi connectivity index (χ0n) is 28.5. The molecule has 0 saturated carbocycles. The minimum absolute atomic E-state index is 0.0358. The molecule has 0 bridgehead atoms. The molecule has 3 heterocycles. The quantitative estimate of drug-likeness (QED) is 0.0909. The minimum atomic E-state index is -4.69. The predicted molar refractivity (Wildman–Crippen MR) is 190 cm³/mol. The molecule has 6 amide bonds. The lowest BCUT2D eigenvalue weighted by Crippen LogP contribution is -2.56. The van der Waals surface area contributed by atoms with E-state index in [1.54, 1.807) is 0 Å². The van der Waals surface area contributed by atoms with Crippen molar-refractivity contribution in [2.24, 2.45) is 0 Å². The number of likely N-dealkylation sites (tertiary alicyclic amines) is 1.